The van der Waals surface area contributed by atoms with Crippen LogP contribution in [0.3, 0.4) is 0 Å². The summed E-state index contributed by atoms with van der Waals surface area (Å²) in [5.41, 5.74) is 1.69. The number of alkyl halides is 3. The topological polar surface area (TPSA) is 15.3 Å². The van der Waals surface area contributed by atoms with Gasteiger partial charge in [0.15, 0.2) is 0 Å². The van der Waals surface area contributed by atoms with Gasteiger partial charge in [0, 0.05) is 18.8 Å². The Bertz CT molecular complexity index is 360. The quantitative estimate of drug-likeness (QED) is 0.765. The fourth-order valence-electron chi connectivity index (χ4n) is 1.84. The van der Waals surface area contributed by atoms with Crippen molar-refractivity contribution < 1.29 is 13.2 Å². The fraction of sp³-hybridized carbons (Fsp3) is 0.571. The molecule has 0 bridgehead atoms. The molecule has 1 aromatic rings. The van der Waals surface area contributed by atoms with Gasteiger partial charge in [-0.2, -0.15) is 13.2 Å². The number of rotatable bonds is 7. The molecule has 19 heavy (non-hydrogen) atoms. The highest BCUT2D eigenvalue weighted by Crippen LogP contribution is 2.22. The van der Waals surface area contributed by atoms with Crippen molar-refractivity contribution in [2.24, 2.45) is 0 Å². The summed E-state index contributed by atoms with van der Waals surface area (Å²) in [6.07, 6.45) is -3.11. The van der Waals surface area contributed by atoms with Crippen molar-refractivity contribution in [3.05, 3.63) is 29.8 Å². The third-order valence-electron chi connectivity index (χ3n) is 2.81. The van der Waals surface area contributed by atoms with Crippen LogP contribution in [0.1, 0.15) is 25.8 Å². The predicted molar refractivity (Wildman–Crippen MR) is 72.4 cm³/mol. The second-order valence-electron chi connectivity index (χ2n) is 4.47. The van der Waals surface area contributed by atoms with Gasteiger partial charge in [0.25, 0.3) is 0 Å². The van der Waals surface area contributed by atoms with Crippen molar-refractivity contribution in [2.75, 3.05) is 24.5 Å². The average Bonchev–Trinajstić information content (AvgIpc) is 2.36. The normalized spacial score (nSPS) is 11.6. The Balaban J connectivity index is 2.62. The van der Waals surface area contributed by atoms with E-state index >= 15 is 0 Å². The van der Waals surface area contributed by atoms with Crippen LogP contribution in [0.25, 0.3) is 0 Å². The van der Waals surface area contributed by atoms with Gasteiger partial charge in [-0.15, -0.1) is 0 Å². The van der Waals surface area contributed by atoms with Gasteiger partial charge in [-0.3, -0.25) is 0 Å². The number of hydrogen-bond acceptors (Lipinski definition) is 2. The van der Waals surface area contributed by atoms with E-state index in [1.807, 2.05) is 12.1 Å². The first-order valence-electron chi connectivity index (χ1n) is 6.57. The molecule has 0 atom stereocenters. The van der Waals surface area contributed by atoms with Gasteiger partial charge >= 0.3 is 6.18 Å². The number of halogens is 3. The lowest BCUT2D eigenvalue weighted by Crippen LogP contribution is -2.34. The van der Waals surface area contributed by atoms with Gasteiger partial charge in [-0.1, -0.05) is 19.1 Å². The molecule has 0 saturated carbocycles. The Labute approximate surface area is 112 Å². The van der Waals surface area contributed by atoms with Crippen LogP contribution >= 0.6 is 0 Å². The summed E-state index contributed by atoms with van der Waals surface area (Å²) in [6.45, 7) is 4.94. The maximum Gasteiger partial charge on any atom is 0.405 e. The van der Waals surface area contributed by atoms with E-state index in [-0.39, 0.29) is 0 Å². The van der Waals surface area contributed by atoms with Crippen molar-refractivity contribution in [1.82, 2.24) is 5.32 Å². The molecular weight excluding hydrogens is 253 g/mol. The second kappa shape index (κ2) is 7.38. The van der Waals surface area contributed by atoms with Crippen molar-refractivity contribution in [3.63, 3.8) is 0 Å². The van der Waals surface area contributed by atoms with Crippen LogP contribution in [0.5, 0.6) is 0 Å². The first kappa shape index (κ1) is 15.8. The Kier molecular flexibility index (Phi) is 6.15. The summed E-state index contributed by atoms with van der Waals surface area (Å²) in [7, 11) is 0. The minimum absolute atomic E-state index is 0.340. The van der Waals surface area contributed by atoms with Gasteiger partial charge < -0.3 is 10.2 Å². The van der Waals surface area contributed by atoms with E-state index in [0.29, 0.717) is 12.2 Å². The summed E-state index contributed by atoms with van der Waals surface area (Å²) >= 11 is 0. The molecule has 0 aliphatic carbocycles. The van der Waals surface area contributed by atoms with Gasteiger partial charge in [0.1, 0.15) is 6.54 Å². The Morgan fingerprint density at radius 2 is 1.74 bits per heavy atom. The molecule has 5 heteroatoms. The van der Waals surface area contributed by atoms with Crippen LogP contribution in [-0.2, 0) is 6.54 Å². The third-order valence-corrected chi connectivity index (χ3v) is 2.81. The summed E-state index contributed by atoms with van der Waals surface area (Å²) in [5.74, 6) is 0. The highest BCUT2D eigenvalue weighted by atomic mass is 19.4. The zero-order chi connectivity index (χ0) is 14.3. The molecule has 1 rings (SSSR count). The molecule has 0 aliphatic heterocycles. The lowest BCUT2D eigenvalue weighted by Gasteiger charge is -2.24. The summed E-state index contributed by atoms with van der Waals surface area (Å²) in [6, 6.07) is 7.24. The zero-order valence-electron chi connectivity index (χ0n) is 11.4. The molecule has 0 radical (unpaired) electrons. The van der Waals surface area contributed by atoms with Crippen LogP contribution in [0, 0.1) is 0 Å². The van der Waals surface area contributed by atoms with Gasteiger partial charge in [0.2, 0.25) is 0 Å². The molecule has 0 unspecified atom stereocenters. The highest BCUT2D eigenvalue weighted by molar-refractivity contribution is 5.47. The first-order valence-corrected chi connectivity index (χ1v) is 6.57. The number of anilines is 1. The van der Waals surface area contributed by atoms with E-state index in [1.165, 1.54) is 4.90 Å². The molecule has 0 aliphatic rings. The summed E-state index contributed by atoms with van der Waals surface area (Å²) in [5, 5.41) is 3.26. The van der Waals surface area contributed by atoms with Crippen molar-refractivity contribution in [1.29, 1.82) is 0 Å². The van der Waals surface area contributed by atoms with E-state index in [0.717, 1.165) is 25.1 Å². The second-order valence-corrected chi connectivity index (χ2v) is 4.47. The molecule has 0 aromatic heterocycles. The van der Waals surface area contributed by atoms with E-state index in [2.05, 4.69) is 12.2 Å². The van der Waals surface area contributed by atoms with Crippen molar-refractivity contribution in [2.45, 2.75) is 33.0 Å². The molecule has 1 aromatic carbocycles. The first-order chi connectivity index (χ1) is 8.96. The molecule has 2 nitrogen and oxygen atoms in total. The molecule has 1 N–H and O–H groups in total. The minimum atomic E-state index is -4.17. The molecule has 0 saturated heterocycles. The Morgan fingerprint density at radius 1 is 1.11 bits per heavy atom. The lowest BCUT2D eigenvalue weighted by atomic mass is 10.2. The standard InChI is InChI=1S/C14H21F3N2/c1-3-9-18-10-12-5-7-13(8-6-12)19(4-2)11-14(15,16)17/h5-8,18H,3-4,9-11H2,1-2H3. The summed E-state index contributed by atoms with van der Waals surface area (Å²) < 4.78 is 37.2. The predicted octanol–water partition coefficient (Wildman–Crippen LogP) is 3.57. The smallest absolute Gasteiger partial charge is 0.363 e. The van der Waals surface area contributed by atoms with E-state index in [1.54, 1.807) is 19.1 Å². The Morgan fingerprint density at radius 3 is 2.21 bits per heavy atom. The van der Waals surface area contributed by atoms with E-state index in [4.69, 9.17) is 0 Å². The molecular formula is C14H21F3N2. The van der Waals surface area contributed by atoms with Gasteiger partial charge in [-0.25, -0.2) is 0 Å². The van der Waals surface area contributed by atoms with Crippen LogP contribution < -0.4 is 10.2 Å². The van der Waals surface area contributed by atoms with Gasteiger partial charge in [0.05, 0.1) is 0 Å². The maximum absolute atomic E-state index is 12.4. The summed E-state index contributed by atoms with van der Waals surface area (Å²) in [4.78, 5) is 1.32. The minimum Gasteiger partial charge on any atom is -0.363 e. The fourth-order valence-corrected chi connectivity index (χ4v) is 1.84. The third kappa shape index (κ3) is 5.96. The van der Waals surface area contributed by atoms with Crippen LogP contribution in [0.2, 0.25) is 0 Å². The molecule has 0 amide bonds. The van der Waals surface area contributed by atoms with Gasteiger partial charge in [-0.05, 0) is 37.6 Å². The number of nitrogens with one attached hydrogen (secondary N) is 1. The number of benzene rings is 1. The number of hydrogen-bond donors (Lipinski definition) is 1. The van der Waals surface area contributed by atoms with Crippen molar-refractivity contribution >= 4 is 5.69 Å². The molecule has 0 fully saturated rings. The van der Waals surface area contributed by atoms with Crippen LogP contribution in [-0.4, -0.2) is 25.8 Å². The SMILES string of the molecule is CCCNCc1ccc(N(CC)CC(F)(F)F)cc1. The van der Waals surface area contributed by atoms with E-state index in [9.17, 15) is 13.2 Å². The van der Waals surface area contributed by atoms with Crippen LogP contribution in [0.15, 0.2) is 24.3 Å². The number of nitrogens with zero attached hydrogens (tertiary/aromatic N) is 1. The lowest BCUT2D eigenvalue weighted by molar-refractivity contribution is -0.119. The molecule has 108 valence electrons. The van der Waals surface area contributed by atoms with Crippen molar-refractivity contribution in [3.8, 4) is 0 Å². The molecule has 0 heterocycles. The van der Waals surface area contributed by atoms with Crippen LogP contribution in [0.4, 0.5) is 18.9 Å². The molecule has 0 spiro atoms. The average molecular weight is 274 g/mol. The zero-order valence-corrected chi connectivity index (χ0v) is 11.4. The largest absolute Gasteiger partial charge is 0.405 e. The monoisotopic (exact) mass is 274 g/mol. The van der Waals surface area contributed by atoms with E-state index < -0.39 is 12.7 Å². The highest BCUT2D eigenvalue weighted by Gasteiger charge is 2.30. The Hall–Kier alpha value is -1.23. The maximum atomic E-state index is 12.4.